The fourth-order valence-electron chi connectivity index (χ4n) is 4.89. The summed E-state index contributed by atoms with van der Waals surface area (Å²) in [6.07, 6.45) is 5.80. The van der Waals surface area contributed by atoms with Crippen molar-refractivity contribution in [2.45, 2.75) is 64.1 Å². The first-order valence-electron chi connectivity index (χ1n) is 11.3. The van der Waals surface area contributed by atoms with Crippen LogP contribution in [0.2, 0.25) is 0 Å². The molecule has 0 spiro atoms. The number of amides is 2. The number of para-hydroxylation sites is 2. The van der Waals surface area contributed by atoms with E-state index in [2.05, 4.69) is 5.32 Å². The van der Waals surface area contributed by atoms with Gasteiger partial charge in [-0.2, -0.15) is 0 Å². The van der Waals surface area contributed by atoms with Crippen molar-refractivity contribution in [2.24, 2.45) is 0 Å². The average Bonchev–Trinajstić information content (AvgIpc) is 3.08. The molecule has 1 fully saturated rings. The number of hydrogen-bond donors (Lipinski definition) is 1. The van der Waals surface area contributed by atoms with Gasteiger partial charge in [-0.05, 0) is 44.0 Å². The first-order valence-corrected chi connectivity index (χ1v) is 11.3. The van der Waals surface area contributed by atoms with Gasteiger partial charge in [-0.3, -0.25) is 14.5 Å². The predicted molar refractivity (Wildman–Crippen MR) is 121 cm³/mol. The Hall–Kier alpha value is -3.15. The number of imidazole rings is 1. The first-order chi connectivity index (χ1) is 15.1. The Bertz CT molecular complexity index is 1110. The molecule has 160 valence electrons. The first kappa shape index (κ1) is 19.8. The maximum absolute atomic E-state index is 13.7. The lowest BCUT2D eigenvalue weighted by molar-refractivity contribution is -0.127. The van der Waals surface area contributed by atoms with Gasteiger partial charge < -0.3 is 9.88 Å². The van der Waals surface area contributed by atoms with Crippen LogP contribution in [0.1, 0.15) is 56.0 Å². The third kappa shape index (κ3) is 3.71. The predicted octanol–water partition coefficient (Wildman–Crippen LogP) is 4.27. The van der Waals surface area contributed by atoms with Crippen molar-refractivity contribution in [3.05, 3.63) is 59.9 Å². The van der Waals surface area contributed by atoms with E-state index in [0.717, 1.165) is 48.0 Å². The molecule has 6 heteroatoms. The standard InChI is InChI=1S/C25H28N4O2/c1-17-11-13-19(14-12-17)29-22(30)15-16-28-21-10-6-5-9-20(21)27-24(28)23(29)25(31)26-18-7-3-2-4-8-18/h5-6,9-14,18,23H,2-4,7-8,15-16H2,1H3,(H,26,31). The Balaban J connectivity index is 1.61. The molecule has 1 aliphatic carbocycles. The molecule has 31 heavy (non-hydrogen) atoms. The molecule has 0 saturated heterocycles. The number of hydrogen-bond acceptors (Lipinski definition) is 3. The molecule has 0 radical (unpaired) electrons. The lowest BCUT2D eigenvalue weighted by Crippen LogP contribution is -2.47. The van der Waals surface area contributed by atoms with Gasteiger partial charge in [0.15, 0.2) is 6.04 Å². The van der Waals surface area contributed by atoms with Crippen LogP contribution in [0.3, 0.4) is 0 Å². The van der Waals surface area contributed by atoms with Gasteiger partial charge in [-0.25, -0.2) is 4.98 Å². The zero-order chi connectivity index (χ0) is 21.4. The van der Waals surface area contributed by atoms with E-state index in [4.69, 9.17) is 4.98 Å². The number of anilines is 1. The van der Waals surface area contributed by atoms with Crippen LogP contribution >= 0.6 is 0 Å². The van der Waals surface area contributed by atoms with Crippen LogP contribution in [0.15, 0.2) is 48.5 Å². The van der Waals surface area contributed by atoms with Crippen LogP contribution in [-0.4, -0.2) is 27.4 Å². The minimum Gasteiger partial charge on any atom is -0.351 e. The number of carbonyl (C=O) groups is 2. The third-order valence-electron chi connectivity index (χ3n) is 6.52. The zero-order valence-electron chi connectivity index (χ0n) is 17.9. The number of nitrogens with one attached hydrogen (secondary N) is 1. The summed E-state index contributed by atoms with van der Waals surface area (Å²) in [5, 5.41) is 3.25. The third-order valence-corrected chi connectivity index (χ3v) is 6.52. The Morgan fingerprint density at radius 1 is 1.03 bits per heavy atom. The molecule has 3 aromatic rings. The summed E-state index contributed by atoms with van der Waals surface area (Å²) in [7, 11) is 0. The van der Waals surface area contributed by atoms with E-state index in [1.54, 1.807) is 4.90 Å². The Morgan fingerprint density at radius 3 is 2.55 bits per heavy atom. The van der Waals surface area contributed by atoms with Crippen molar-refractivity contribution in [3.63, 3.8) is 0 Å². The summed E-state index contributed by atoms with van der Waals surface area (Å²) in [5.41, 5.74) is 3.67. The highest BCUT2D eigenvalue weighted by Crippen LogP contribution is 2.34. The molecule has 1 aliphatic heterocycles. The van der Waals surface area contributed by atoms with Crippen molar-refractivity contribution in [2.75, 3.05) is 4.90 Å². The van der Waals surface area contributed by atoms with Crippen molar-refractivity contribution >= 4 is 28.5 Å². The Kier molecular flexibility index (Phi) is 5.22. The maximum atomic E-state index is 13.7. The van der Waals surface area contributed by atoms with Gasteiger partial charge in [0, 0.05) is 24.7 Å². The van der Waals surface area contributed by atoms with E-state index in [-0.39, 0.29) is 17.9 Å². The minimum atomic E-state index is -0.785. The van der Waals surface area contributed by atoms with Crippen LogP contribution in [-0.2, 0) is 16.1 Å². The SMILES string of the molecule is Cc1ccc(N2C(=O)CCn3c(nc4ccccc43)C2C(=O)NC2CCCCC2)cc1. The number of aryl methyl sites for hydroxylation is 2. The zero-order valence-corrected chi connectivity index (χ0v) is 17.9. The maximum Gasteiger partial charge on any atom is 0.251 e. The van der Waals surface area contributed by atoms with E-state index in [0.29, 0.717) is 18.8 Å². The molecule has 1 atom stereocenters. The lowest BCUT2D eigenvalue weighted by atomic mass is 9.95. The monoisotopic (exact) mass is 416 g/mol. The van der Waals surface area contributed by atoms with Crippen LogP contribution < -0.4 is 10.2 Å². The van der Waals surface area contributed by atoms with E-state index >= 15 is 0 Å². The number of carbonyl (C=O) groups excluding carboxylic acids is 2. The smallest absolute Gasteiger partial charge is 0.251 e. The molecular weight excluding hydrogens is 388 g/mol. The summed E-state index contributed by atoms with van der Waals surface area (Å²) >= 11 is 0. The summed E-state index contributed by atoms with van der Waals surface area (Å²) < 4.78 is 2.05. The summed E-state index contributed by atoms with van der Waals surface area (Å²) in [6.45, 7) is 2.53. The van der Waals surface area contributed by atoms with Gasteiger partial charge in [0.05, 0.1) is 11.0 Å². The number of benzene rings is 2. The highest BCUT2D eigenvalue weighted by atomic mass is 16.2. The van der Waals surface area contributed by atoms with Crippen molar-refractivity contribution < 1.29 is 9.59 Å². The van der Waals surface area contributed by atoms with Gasteiger partial charge in [-0.1, -0.05) is 49.1 Å². The highest BCUT2D eigenvalue weighted by molar-refractivity contribution is 6.02. The Morgan fingerprint density at radius 2 is 1.77 bits per heavy atom. The van der Waals surface area contributed by atoms with Crippen molar-refractivity contribution in [1.29, 1.82) is 0 Å². The topological polar surface area (TPSA) is 67.2 Å². The molecule has 0 bridgehead atoms. The molecule has 6 nitrogen and oxygen atoms in total. The van der Waals surface area contributed by atoms with E-state index in [1.165, 1.54) is 6.42 Å². The summed E-state index contributed by atoms with van der Waals surface area (Å²) in [5.74, 6) is 0.447. The van der Waals surface area contributed by atoms with Gasteiger partial charge in [-0.15, -0.1) is 0 Å². The van der Waals surface area contributed by atoms with Crippen LogP contribution in [0, 0.1) is 6.92 Å². The second-order valence-electron chi connectivity index (χ2n) is 8.71. The number of rotatable bonds is 3. The van der Waals surface area contributed by atoms with E-state index in [1.807, 2.05) is 60.0 Å². The molecular formula is C25H28N4O2. The molecule has 1 saturated carbocycles. The second-order valence-corrected chi connectivity index (χ2v) is 8.71. The normalized spacial score (nSPS) is 19.8. The minimum absolute atomic E-state index is 0.0535. The Labute approximate surface area is 182 Å². The molecule has 1 aromatic heterocycles. The number of aromatic nitrogens is 2. The molecule has 1 N–H and O–H groups in total. The van der Waals surface area contributed by atoms with Crippen molar-refractivity contribution in [1.82, 2.24) is 14.9 Å². The fourth-order valence-corrected chi connectivity index (χ4v) is 4.89. The molecule has 2 amide bonds. The summed E-state index contributed by atoms with van der Waals surface area (Å²) in [6, 6.07) is 15.1. The van der Waals surface area contributed by atoms with Crippen LogP contribution in [0.4, 0.5) is 5.69 Å². The molecule has 2 aromatic carbocycles. The molecule has 2 aliphatic rings. The molecule has 1 unspecified atom stereocenters. The highest BCUT2D eigenvalue weighted by Gasteiger charge is 2.39. The van der Waals surface area contributed by atoms with Gasteiger partial charge >= 0.3 is 0 Å². The van der Waals surface area contributed by atoms with Crippen molar-refractivity contribution in [3.8, 4) is 0 Å². The quantitative estimate of drug-likeness (QED) is 0.693. The number of fused-ring (bicyclic) bond motifs is 3. The second kappa shape index (κ2) is 8.17. The molecule has 5 rings (SSSR count). The fraction of sp³-hybridized carbons (Fsp3) is 0.400. The van der Waals surface area contributed by atoms with E-state index < -0.39 is 6.04 Å². The van der Waals surface area contributed by atoms with Gasteiger partial charge in [0.25, 0.3) is 5.91 Å². The van der Waals surface area contributed by atoms with E-state index in [9.17, 15) is 9.59 Å². The van der Waals surface area contributed by atoms with Crippen LogP contribution in [0.5, 0.6) is 0 Å². The number of nitrogens with zero attached hydrogens (tertiary/aromatic N) is 3. The van der Waals surface area contributed by atoms with Gasteiger partial charge in [0.1, 0.15) is 5.82 Å². The average molecular weight is 417 g/mol. The molecule has 2 heterocycles. The lowest BCUT2D eigenvalue weighted by Gasteiger charge is -2.31. The van der Waals surface area contributed by atoms with Crippen LogP contribution in [0.25, 0.3) is 11.0 Å². The van der Waals surface area contributed by atoms with Gasteiger partial charge in [0.2, 0.25) is 5.91 Å². The largest absolute Gasteiger partial charge is 0.351 e. The summed E-state index contributed by atoms with van der Waals surface area (Å²) in [4.78, 5) is 33.5.